The van der Waals surface area contributed by atoms with Gasteiger partial charge >= 0.3 is 0 Å². The van der Waals surface area contributed by atoms with Crippen molar-refractivity contribution >= 4 is 56.2 Å². The van der Waals surface area contributed by atoms with E-state index in [1.807, 2.05) is 18.2 Å². The largest absolute Gasteiger partial charge is 0.378 e. The molecule has 0 aromatic heterocycles. The van der Waals surface area contributed by atoms with Crippen molar-refractivity contribution in [1.29, 1.82) is 0 Å². The average molecular weight is 520 g/mol. The molecule has 1 heterocycles. The zero-order valence-electron chi connectivity index (χ0n) is 17.6. The molecule has 170 valence electrons. The first kappa shape index (κ1) is 22.6. The Morgan fingerprint density at radius 2 is 1.79 bits per heavy atom. The Bertz CT molecular complexity index is 1390. The van der Waals surface area contributed by atoms with Crippen LogP contribution in [0.2, 0.25) is 15.1 Å². The zero-order valence-corrected chi connectivity index (χ0v) is 20.7. The van der Waals surface area contributed by atoms with Crippen LogP contribution in [0.15, 0.2) is 71.6 Å². The van der Waals surface area contributed by atoms with Gasteiger partial charge in [-0.25, -0.2) is 8.42 Å². The molecule has 33 heavy (non-hydrogen) atoms. The number of fused-ring (bicyclic) bond motifs is 3. The molecular weight excluding hydrogens is 499 g/mol. The third-order valence-electron chi connectivity index (χ3n) is 6.45. The lowest BCUT2D eigenvalue weighted by Gasteiger charge is -2.38. The maximum atomic E-state index is 13.2. The fourth-order valence-corrected chi connectivity index (χ4v) is 6.58. The van der Waals surface area contributed by atoms with Gasteiger partial charge in [0, 0.05) is 26.7 Å². The predicted octanol–water partition coefficient (Wildman–Crippen LogP) is 7.58. The third-order valence-corrected chi connectivity index (χ3v) is 8.79. The number of halogens is 3. The Morgan fingerprint density at radius 3 is 2.58 bits per heavy atom. The van der Waals surface area contributed by atoms with Crippen LogP contribution in [0, 0.1) is 12.8 Å². The molecule has 2 N–H and O–H groups in total. The molecule has 1 aliphatic heterocycles. The van der Waals surface area contributed by atoms with Crippen LogP contribution in [0.25, 0.3) is 0 Å². The summed E-state index contributed by atoms with van der Waals surface area (Å²) >= 11 is 18.8. The number of nitrogens with one attached hydrogen (secondary N) is 2. The maximum absolute atomic E-state index is 13.2. The lowest BCUT2D eigenvalue weighted by Crippen LogP contribution is -2.29. The molecule has 0 saturated heterocycles. The molecule has 3 aromatic carbocycles. The van der Waals surface area contributed by atoms with Crippen LogP contribution in [-0.4, -0.2) is 8.42 Å². The summed E-state index contributed by atoms with van der Waals surface area (Å²) in [6, 6.07) is 15.9. The third kappa shape index (κ3) is 4.12. The van der Waals surface area contributed by atoms with E-state index < -0.39 is 10.0 Å². The van der Waals surface area contributed by atoms with E-state index in [9.17, 15) is 8.42 Å². The summed E-state index contributed by atoms with van der Waals surface area (Å²) in [4.78, 5) is 0.212. The van der Waals surface area contributed by atoms with Crippen molar-refractivity contribution in [2.75, 3.05) is 10.0 Å². The van der Waals surface area contributed by atoms with Gasteiger partial charge in [-0.2, -0.15) is 0 Å². The van der Waals surface area contributed by atoms with E-state index in [1.165, 1.54) is 0 Å². The van der Waals surface area contributed by atoms with Gasteiger partial charge < -0.3 is 5.32 Å². The van der Waals surface area contributed by atoms with Crippen molar-refractivity contribution in [2.24, 2.45) is 5.92 Å². The van der Waals surface area contributed by atoms with E-state index in [1.54, 1.807) is 43.3 Å². The smallest absolute Gasteiger partial charge is 0.261 e. The van der Waals surface area contributed by atoms with Gasteiger partial charge in [0.2, 0.25) is 0 Å². The van der Waals surface area contributed by atoms with Crippen molar-refractivity contribution < 1.29 is 8.42 Å². The molecule has 0 fully saturated rings. The van der Waals surface area contributed by atoms with Crippen LogP contribution in [0.5, 0.6) is 0 Å². The highest BCUT2D eigenvalue weighted by molar-refractivity contribution is 7.92. The number of allylic oxidation sites excluding steroid dienone is 2. The Morgan fingerprint density at radius 1 is 0.970 bits per heavy atom. The lowest BCUT2D eigenvalue weighted by atomic mass is 9.77. The molecule has 2 aliphatic rings. The topological polar surface area (TPSA) is 58.2 Å². The van der Waals surface area contributed by atoms with Gasteiger partial charge in [0.1, 0.15) is 0 Å². The number of sulfonamides is 1. The molecule has 0 amide bonds. The minimum absolute atomic E-state index is 0.00282. The molecule has 3 atom stereocenters. The van der Waals surface area contributed by atoms with E-state index in [-0.39, 0.29) is 22.8 Å². The normalized spacial score (nSPS) is 21.3. The van der Waals surface area contributed by atoms with E-state index in [0.717, 1.165) is 23.2 Å². The van der Waals surface area contributed by atoms with Gasteiger partial charge in [-0.3, -0.25) is 4.72 Å². The highest BCUT2D eigenvalue weighted by Crippen LogP contribution is 2.51. The molecule has 3 aromatic rings. The van der Waals surface area contributed by atoms with E-state index in [0.29, 0.717) is 26.3 Å². The fourth-order valence-electron chi connectivity index (χ4n) is 4.72. The number of anilines is 2. The van der Waals surface area contributed by atoms with Gasteiger partial charge in [-0.15, -0.1) is 0 Å². The molecule has 0 radical (unpaired) electrons. The van der Waals surface area contributed by atoms with Crippen molar-refractivity contribution in [2.45, 2.75) is 30.2 Å². The van der Waals surface area contributed by atoms with Crippen LogP contribution in [0.3, 0.4) is 0 Å². The highest BCUT2D eigenvalue weighted by atomic mass is 35.5. The van der Waals surface area contributed by atoms with Crippen LogP contribution < -0.4 is 10.0 Å². The van der Waals surface area contributed by atoms with E-state index >= 15 is 0 Å². The van der Waals surface area contributed by atoms with Crippen molar-refractivity contribution in [3.63, 3.8) is 0 Å². The number of hydrogen-bond donors (Lipinski definition) is 2. The lowest BCUT2D eigenvalue weighted by molar-refractivity contribution is 0.425. The summed E-state index contributed by atoms with van der Waals surface area (Å²) in [5.74, 6) is 0.304. The fraction of sp³-hybridized carbons (Fsp3) is 0.200. The Balaban J connectivity index is 1.51. The van der Waals surface area contributed by atoms with Crippen LogP contribution >= 0.6 is 34.8 Å². The van der Waals surface area contributed by atoms with Crippen LogP contribution in [0.4, 0.5) is 11.4 Å². The second kappa shape index (κ2) is 8.55. The molecular formula is C25H21Cl3N2O2S. The van der Waals surface area contributed by atoms with Crippen molar-refractivity contribution in [1.82, 2.24) is 0 Å². The summed E-state index contributed by atoms with van der Waals surface area (Å²) in [5.41, 5.74) is 4.00. The van der Waals surface area contributed by atoms with Gasteiger partial charge in [-0.1, -0.05) is 59.1 Å². The monoisotopic (exact) mass is 518 g/mol. The summed E-state index contributed by atoms with van der Waals surface area (Å²) in [6.45, 7) is 1.78. The molecule has 0 bridgehead atoms. The first-order valence-corrected chi connectivity index (χ1v) is 13.2. The van der Waals surface area contributed by atoms with Crippen LogP contribution in [-0.2, 0) is 10.0 Å². The number of benzene rings is 3. The first-order valence-electron chi connectivity index (χ1n) is 10.5. The van der Waals surface area contributed by atoms with E-state index in [2.05, 4.69) is 22.2 Å². The van der Waals surface area contributed by atoms with Crippen LogP contribution in [0.1, 0.15) is 35.1 Å². The van der Waals surface area contributed by atoms with Crippen molar-refractivity contribution in [3.05, 3.63) is 98.5 Å². The molecule has 8 heteroatoms. The molecule has 4 nitrogen and oxygen atoms in total. The minimum atomic E-state index is -3.79. The SMILES string of the molecule is Cc1c(Cl)cccc1NS(=O)(=O)c1ccc2c(c1)[C@@H]1C=CC[C@H]1[C@H](c1ccc(Cl)cc1Cl)N2. The predicted molar refractivity (Wildman–Crippen MR) is 136 cm³/mol. The maximum Gasteiger partial charge on any atom is 0.261 e. The minimum Gasteiger partial charge on any atom is -0.378 e. The zero-order chi connectivity index (χ0) is 23.3. The van der Waals surface area contributed by atoms with Gasteiger partial charge in [0.05, 0.1) is 16.6 Å². The summed E-state index contributed by atoms with van der Waals surface area (Å²) in [7, 11) is -3.79. The first-order chi connectivity index (χ1) is 15.7. The quantitative estimate of drug-likeness (QED) is 0.349. The highest BCUT2D eigenvalue weighted by Gasteiger charge is 2.39. The second-order valence-corrected chi connectivity index (χ2v) is 11.3. The summed E-state index contributed by atoms with van der Waals surface area (Å²) in [6.07, 6.45) is 5.18. The molecule has 0 unspecified atom stereocenters. The number of hydrogen-bond acceptors (Lipinski definition) is 3. The van der Waals surface area contributed by atoms with Gasteiger partial charge in [0.25, 0.3) is 10.0 Å². The average Bonchev–Trinajstić information content (AvgIpc) is 3.26. The second-order valence-electron chi connectivity index (χ2n) is 8.41. The summed E-state index contributed by atoms with van der Waals surface area (Å²) < 4.78 is 29.0. The molecule has 0 spiro atoms. The van der Waals surface area contributed by atoms with Crippen molar-refractivity contribution in [3.8, 4) is 0 Å². The van der Waals surface area contributed by atoms with E-state index in [4.69, 9.17) is 34.8 Å². The van der Waals surface area contributed by atoms with Gasteiger partial charge in [-0.05, 0) is 78.4 Å². The molecule has 0 saturated carbocycles. The Labute approximate surface area is 208 Å². The standard InChI is InChI=1S/C25H21Cl3N2O2S/c1-14-21(27)6-3-7-23(14)30-33(31,32)16-9-11-24-20(13-16)17-4-2-5-18(17)25(29-24)19-10-8-15(26)12-22(19)28/h2-4,6-13,17-18,25,29-30H,5H2,1H3/t17-,18-,25-/m1/s1. The Kier molecular flexibility index (Phi) is 5.86. The van der Waals surface area contributed by atoms with Gasteiger partial charge in [0.15, 0.2) is 0 Å². The molecule has 1 aliphatic carbocycles. The Hall–Kier alpha value is -2.18. The molecule has 5 rings (SSSR count). The number of rotatable bonds is 4. The summed E-state index contributed by atoms with van der Waals surface area (Å²) in [5, 5.41) is 5.32.